The van der Waals surface area contributed by atoms with E-state index in [1.807, 2.05) is 18.2 Å². The van der Waals surface area contributed by atoms with E-state index in [0.29, 0.717) is 12.2 Å². The minimum absolute atomic E-state index is 0.162. The second-order valence-corrected chi connectivity index (χ2v) is 5.84. The summed E-state index contributed by atoms with van der Waals surface area (Å²) in [5.41, 5.74) is 2.13. The minimum atomic E-state index is -0.570. The fourth-order valence-electron chi connectivity index (χ4n) is 2.58. The molecule has 0 heterocycles. The Bertz CT molecular complexity index is 555. The van der Waals surface area contributed by atoms with Crippen LogP contribution in [0.25, 0.3) is 0 Å². The van der Waals surface area contributed by atoms with E-state index in [2.05, 4.69) is 22.0 Å². The summed E-state index contributed by atoms with van der Waals surface area (Å²) >= 11 is 0. The molecule has 1 aromatic carbocycles. The van der Waals surface area contributed by atoms with Crippen LogP contribution < -0.4 is 16.0 Å². The van der Waals surface area contributed by atoms with Crippen LogP contribution in [0.2, 0.25) is 0 Å². The van der Waals surface area contributed by atoms with E-state index < -0.39 is 6.04 Å². The van der Waals surface area contributed by atoms with Gasteiger partial charge in [-0.3, -0.25) is 4.79 Å². The topological polar surface area (TPSA) is 70.2 Å². The molecule has 124 valence electrons. The molecule has 0 spiro atoms. The van der Waals surface area contributed by atoms with Crippen LogP contribution in [-0.4, -0.2) is 24.5 Å². The zero-order valence-electron chi connectivity index (χ0n) is 13.6. The molecule has 3 amide bonds. The number of urea groups is 1. The first-order valence-corrected chi connectivity index (χ1v) is 8.23. The van der Waals surface area contributed by atoms with Crippen molar-refractivity contribution in [3.63, 3.8) is 0 Å². The number of nitrogens with one attached hydrogen (secondary N) is 3. The molecule has 23 heavy (non-hydrogen) atoms. The Labute approximate surface area is 137 Å². The van der Waals surface area contributed by atoms with Gasteiger partial charge in [0, 0.05) is 12.2 Å². The van der Waals surface area contributed by atoms with Crippen molar-refractivity contribution in [3.8, 4) is 0 Å². The summed E-state index contributed by atoms with van der Waals surface area (Å²) in [6.07, 6.45) is 7.99. The van der Waals surface area contributed by atoms with Crippen molar-refractivity contribution in [1.29, 1.82) is 0 Å². The van der Waals surface area contributed by atoms with E-state index in [1.54, 1.807) is 19.1 Å². The van der Waals surface area contributed by atoms with E-state index in [-0.39, 0.29) is 11.9 Å². The van der Waals surface area contributed by atoms with Crippen LogP contribution in [0, 0.1) is 0 Å². The molecule has 0 aromatic heterocycles. The maximum absolute atomic E-state index is 12.0. The number of para-hydroxylation sites is 1. The van der Waals surface area contributed by atoms with Gasteiger partial charge in [0.05, 0.1) is 0 Å². The molecular formula is C18H25N3O2. The summed E-state index contributed by atoms with van der Waals surface area (Å²) in [7, 11) is 0. The van der Waals surface area contributed by atoms with Crippen molar-refractivity contribution in [2.24, 2.45) is 0 Å². The lowest BCUT2D eigenvalue weighted by Crippen LogP contribution is -2.46. The Morgan fingerprint density at radius 1 is 1.17 bits per heavy atom. The third-order valence-corrected chi connectivity index (χ3v) is 3.90. The highest BCUT2D eigenvalue weighted by Crippen LogP contribution is 2.19. The van der Waals surface area contributed by atoms with E-state index in [4.69, 9.17) is 0 Å². The van der Waals surface area contributed by atoms with Gasteiger partial charge < -0.3 is 16.0 Å². The fraction of sp³-hybridized carbons (Fsp3) is 0.444. The number of carbonyl (C=O) groups is 2. The van der Waals surface area contributed by atoms with Crippen LogP contribution in [0.15, 0.2) is 42.0 Å². The summed E-state index contributed by atoms with van der Waals surface area (Å²) in [6.45, 7) is 2.30. The minimum Gasteiger partial charge on any atom is -0.354 e. The summed E-state index contributed by atoms with van der Waals surface area (Å²) in [6, 6.07) is 8.19. The molecule has 0 bridgehead atoms. The molecule has 1 aliphatic rings. The van der Waals surface area contributed by atoms with Crippen LogP contribution in [0.1, 0.15) is 39.0 Å². The Morgan fingerprint density at radius 3 is 2.65 bits per heavy atom. The number of hydrogen-bond donors (Lipinski definition) is 3. The third kappa shape index (κ3) is 6.14. The Hall–Kier alpha value is -2.30. The molecule has 0 fully saturated rings. The summed E-state index contributed by atoms with van der Waals surface area (Å²) in [5, 5.41) is 8.21. The molecule has 5 nitrogen and oxygen atoms in total. The number of amides is 3. The Balaban J connectivity index is 1.67. The molecule has 0 aliphatic heterocycles. The molecule has 1 aromatic rings. The van der Waals surface area contributed by atoms with Crippen molar-refractivity contribution < 1.29 is 9.59 Å². The van der Waals surface area contributed by atoms with Gasteiger partial charge in [-0.05, 0) is 51.2 Å². The van der Waals surface area contributed by atoms with Gasteiger partial charge in [0.15, 0.2) is 0 Å². The fourth-order valence-corrected chi connectivity index (χ4v) is 2.58. The smallest absolute Gasteiger partial charge is 0.319 e. The number of rotatable bonds is 6. The lowest BCUT2D eigenvalue weighted by molar-refractivity contribution is -0.122. The largest absolute Gasteiger partial charge is 0.354 e. The third-order valence-electron chi connectivity index (χ3n) is 3.90. The second-order valence-electron chi connectivity index (χ2n) is 5.84. The number of allylic oxidation sites excluding steroid dienone is 1. The maximum Gasteiger partial charge on any atom is 0.319 e. The van der Waals surface area contributed by atoms with Crippen molar-refractivity contribution >= 4 is 17.6 Å². The number of benzene rings is 1. The monoisotopic (exact) mass is 315 g/mol. The molecular weight excluding hydrogens is 290 g/mol. The van der Waals surface area contributed by atoms with Gasteiger partial charge in [0.25, 0.3) is 0 Å². The Morgan fingerprint density at radius 2 is 1.96 bits per heavy atom. The zero-order chi connectivity index (χ0) is 16.5. The highest BCUT2D eigenvalue weighted by Gasteiger charge is 2.15. The van der Waals surface area contributed by atoms with Crippen LogP contribution in [-0.2, 0) is 4.79 Å². The average Bonchev–Trinajstić information content (AvgIpc) is 2.56. The molecule has 3 N–H and O–H groups in total. The molecule has 0 radical (unpaired) electrons. The predicted molar refractivity (Wildman–Crippen MR) is 92.2 cm³/mol. The second kappa shape index (κ2) is 8.98. The van der Waals surface area contributed by atoms with E-state index >= 15 is 0 Å². The van der Waals surface area contributed by atoms with Crippen LogP contribution in [0.3, 0.4) is 0 Å². The Kier molecular flexibility index (Phi) is 6.66. The van der Waals surface area contributed by atoms with Gasteiger partial charge in [-0.1, -0.05) is 29.8 Å². The van der Waals surface area contributed by atoms with Crippen LogP contribution >= 0.6 is 0 Å². The molecule has 5 heteroatoms. The quantitative estimate of drug-likeness (QED) is 0.706. The number of anilines is 1. The standard InChI is InChI=1S/C18H25N3O2/c1-14(20-18(23)21-16-10-6-3-7-11-16)17(22)19-13-12-15-8-4-2-5-9-15/h3,6-8,10-11,14H,2,4-5,9,12-13H2,1H3,(H,19,22)(H2,20,21,23)/t14-/m1/s1. The first-order valence-electron chi connectivity index (χ1n) is 8.23. The van der Waals surface area contributed by atoms with Gasteiger partial charge in [-0.25, -0.2) is 4.79 Å². The first kappa shape index (κ1) is 17.1. The van der Waals surface area contributed by atoms with E-state index in [0.717, 1.165) is 19.3 Å². The van der Waals surface area contributed by atoms with E-state index in [9.17, 15) is 9.59 Å². The first-order chi connectivity index (χ1) is 11.1. The van der Waals surface area contributed by atoms with Gasteiger partial charge >= 0.3 is 6.03 Å². The van der Waals surface area contributed by atoms with Gasteiger partial charge in [-0.2, -0.15) is 0 Å². The molecule has 1 aliphatic carbocycles. The van der Waals surface area contributed by atoms with Crippen molar-refractivity contribution in [3.05, 3.63) is 42.0 Å². The van der Waals surface area contributed by atoms with Gasteiger partial charge in [0.2, 0.25) is 5.91 Å². The predicted octanol–water partition coefficient (Wildman–Crippen LogP) is 3.20. The number of hydrogen-bond acceptors (Lipinski definition) is 2. The average molecular weight is 315 g/mol. The van der Waals surface area contributed by atoms with Gasteiger partial charge in [0.1, 0.15) is 6.04 Å². The van der Waals surface area contributed by atoms with Crippen molar-refractivity contribution in [1.82, 2.24) is 10.6 Å². The normalized spacial score (nSPS) is 15.3. The summed E-state index contributed by atoms with van der Waals surface area (Å²) in [4.78, 5) is 23.8. The van der Waals surface area contributed by atoms with Crippen molar-refractivity contribution in [2.75, 3.05) is 11.9 Å². The zero-order valence-corrected chi connectivity index (χ0v) is 13.6. The highest BCUT2D eigenvalue weighted by molar-refractivity contribution is 5.93. The van der Waals surface area contributed by atoms with Crippen molar-refractivity contribution in [2.45, 2.75) is 45.1 Å². The maximum atomic E-state index is 12.0. The van der Waals surface area contributed by atoms with Crippen LogP contribution in [0.5, 0.6) is 0 Å². The molecule has 1 atom stereocenters. The SMILES string of the molecule is C[C@@H](NC(=O)Nc1ccccc1)C(=O)NCCC1=CCCCC1. The lowest BCUT2D eigenvalue weighted by Gasteiger charge is -2.16. The molecule has 0 saturated heterocycles. The summed E-state index contributed by atoms with van der Waals surface area (Å²) in [5.74, 6) is -0.162. The highest BCUT2D eigenvalue weighted by atomic mass is 16.2. The van der Waals surface area contributed by atoms with Crippen LogP contribution in [0.4, 0.5) is 10.5 Å². The van der Waals surface area contributed by atoms with Gasteiger partial charge in [-0.15, -0.1) is 0 Å². The summed E-state index contributed by atoms with van der Waals surface area (Å²) < 4.78 is 0. The lowest BCUT2D eigenvalue weighted by atomic mass is 9.97. The molecule has 0 saturated carbocycles. The van der Waals surface area contributed by atoms with E-state index in [1.165, 1.54) is 18.4 Å². The molecule has 0 unspecified atom stereocenters. The number of carbonyl (C=O) groups excluding carboxylic acids is 2. The molecule has 2 rings (SSSR count).